The molecule has 1 heterocycles. The van der Waals surface area contributed by atoms with Crippen LogP contribution >= 0.6 is 11.3 Å². The molecule has 12 rings (SSSR count). The molecule has 72 heavy (non-hydrogen) atoms. The summed E-state index contributed by atoms with van der Waals surface area (Å²) in [7, 11) is 0. The lowest BCUT2D eigenvalue weighted by atomic mass is 9.78. The van der Waals surface area contributed by atoms with E-state index in [9.17, 15) is 0 Å². The SMILES string of the molecule is CC(C)(C)c1cc(-c2cccc3cccc(-c4ccccc4N(c4cccc(-c5cccc6sc7ccccc7c56)c4)c4cc(-c5cccc6ccccc56)ccc4-c4ccccc4)c23)cc(C(C)(C)C)c1. The van der Waals surface area contributed by atoms with Crippen LogP contribution in [0.1, 0.15) is 52.7 Å². The van der Waals surface area contributed by atoms with Gasteiger partial charge in [-0.25, -0.2) is 0 Å². The van der Waals surface area contributed by atoms with Crippen molar-refractivity contribution in [2.45, 2.75) is 52.4 Å². The predicted molar refractivity (Wildman–Crippen MR) is 314 cm³/mol. The number of benzene rings is 11. The zero-order valence-electron chi connectivity index (χ0n) is 41.9. The van der Waals surface area contributed by atoms with E-state index >= 15 is 0 Å². The van der Waals surface area contributed by atoms with Crippen molar-refractivity contribution in [1.29, 1.82) is 0 Å². The van der Waals surface area contributed by atoms with Gasteiger partial charge in [0.05, 0.1) is 11.4 Å². The van der Waals surface area contributed by atoms with Crippen LogP contribution in [0.2, 0.25) is 0 Å². The summed E-state index contributed by atoms with van der Waals surface area (Å²) in [4.78, 5) is 2.54. The Labute approximate surface area is 428 Å². The van der Waals surface area contributed by atoms with Crippen molar-refractivity contribution in [2.75, 3.05) is 4.90 Å². The van der Waals surface area contributed by atoms with Crippen molar-refractivity contribution in [3.05, 3.63) is 248 Å². The number of hydrogen-bond acceptors (Lipinski definition) is 2. The van der Waals surface area contributed by atoms with Gasteiger partial charge in [0.2, 0.25) is 0 Å². The van der Waals surface area contributed by atoms with Crippen molar-refractivity contribution >= 4 is 70.1 Å². The third kappa shape index (κ3) is 8.16. The number of rotatable bonds is 8. The summed E-state index contributed by atoms with van der Waals surface area (Å²) in [5.41, 5.74) is 17.8. The maximum Gasteiger partial charge on any atom is 0.0546 e. The average molecular weight is 944 g/mol. The minimum absolute atomic E-state index is 0.0237. The molecule has 0 N–H and O–H groups in total. The van der Waals surface area contributed by atoms with Gasteiger partial charge < -0.3 is 4.90 Å². The Hall–Kier alpha value is -8.04. The van der Waals surface area contributed by atoms with Gasteiger partial charge in [0.15, 0.2) is 0 Å². The number of anilines is 3. The summed E-state index contributed by atoms with van der Waals surface area (Å²) in [5.74, 6) is 0. The first-order valence-electron chi connectivity index (χ1n) is 25.2. The summed E-state index contributed by atoms with van der Waals surface area (Å²) in [6.45, 7) is 14.0. The highest BCUT2D eigenvalue weighted by Crippen LogP contribution is 2.50. The first-order chi connectivity index (χ1) is 35.0. The largest absolute Gasteiger partial charge is 0.309 e. The first-order valence-corrected chi connectivity index (χ1v) is 26.1. The van der Waals surface area contributed by atoms with Gasteiger partial charge in [-0.05, 0) is 124 Å². The second-order valence-corrected chi connectivity index (χ2v) is 22.4. The lowest BCUT2D eigenvalue weighted by molar-refractivity contribution is 0.569. The monoisotopic (exact) mass is 943 g/mol. The summed E-state index contributed by atoms with van der Waals surface area (Å²) in [6.07, 6.45) is 0. The summed E-state index contributed by atoms with van der Waals surface area (Å²) in [6, 6.07) is 88.3. The van der Waals surface area contributed by atoms with E-state index in [1.165, 1.54) is 86.2 Å². The smallest absolute Gasteiger partial charge is 0.0546 e. The van der Waals surface area contributed by atoms with E-state index in [1.54, 1.807) is 0 Å². The average Bonchev–Trinajstić information content (AvgIpc) is 3.79. The van der Waals surface area contributed by atoms with Gasteiger partial charge in [0, 0.05) is 37.0 Å². The van der Waals surface area contributed by atoms with E-state index in [-0.39, 0.29) is 10.8 Å². The van der Waals surface area contributed by atoms with Gasteiger partial charge in [-0.1, -0.05) is 242 Å². The highest BCUT2D eigenvalue weighted by atomic mass is 32.1. The molecule has 0 unspecified atom stereocenters. The zero-order valence-corrected chi connectivity index (χ0v) is 42.7. The highest BCUT2D eigenvalue weighted by molar-refractivity contribution is 7.25. The molecule has 0 aliphatic rings. The molecule has 0 atom stereocenters. The van der Waals surface area contributed by atoms with Crippen molar-refractivity contribution in [1.82, 2.24) is 0 Å². The minimum Gasteiger partial charge on any atom is -0.309 e. The van der Waals surface area contributed by atoms with Gasteiger partial charge in [-0.15, -0.1) is 11.3 Å². The maximum atomic E-state index is 2.54. The molecule has 1 nitrogen and oxygen atoms in total. The fraction of sp³-hybridized carbons (Fsp3) is 0.114. The molecule has 0 aliphatic heterocycles. The molecule has 0 radical (unpaired) electrons. The molecular weight excluding hydrogens is 887 g/mol. The van der Waals surface area contributed by atoms with Crippen LogP contribution in [0.25, 0.3) is 97.4 Å². The van der Waals surface area contributed by atoms with Crippen LogP contribution in [-0.2, 0) is 10.8 Å². The molecule has 2 heteroatoms. The van der Waals surface area contributed by atoms with Crippen molar-refractivity contribution in [3.8, 4) is 55.6 Å². The van der Waals surface area contributed by atoms with Crippen LogP contribution < -0.4 is 4.90 Å². The molecule has 0 bridgehead atoms. The molecule has 0 aliphatic carbocycles. The predicted octanol–water partition coefficient (Wildman–Crippen LogP) is 20.8. The van der Waals surface area contributed by atoms with Crippen LogP contribution in [-0.4, -0.2) is 0 Å². The van der Waals surface area contributed by atoms with Crippen molar-refractivity contribution < 1.29 is 0 Å². The third-order valence-electron chi connectivity index (χ3n) is 14.6. The Kier molecular flexibility index (Phi) is 11.3. The van der Waals surface area contributed by atoms with E-state index < -0.39 is 0 Å². The van der Waals surface area contributed by atoms with Gasteiger partial charge in [0.25, 0.3) is 0 Å². The van der Waals surface area contributed by atoms with Crippen LogP contribution in [0.4, 0.5) is 17.1 Å². The molecule has 0 amide bonds. The molecular formula is C70H57NS. The first kappa shape index (κ1) is 45.1. The van der Waals surface area contributed by atoms with Gasteiger partial charge in [0.1, 0.15) is 0 Å². The zero-order chi connectivity index (χ0) is 49.1. The van der Waals surface area contributed by atoms with Gasteiger partial charge in [-0.2, -0.15) is 0 Å². The van der Waals surface area contributed by atoms with Crippen molar-refractivity contribution in [2.24, 2.45) is 0 Å². The molecule has 348 valence electrons. The quantitative estimate of drug-likeness (QED) is 0.147. The van der Waals surface area contributed by atoms with Gasteiger partial charge >= 0.3 is 0 Å². The summed E-state index contributed by atoms with van der Waals surface area (Å²) >= 11 is 1.87. The normalized spacial score (nSPS) is 12.0. The second-order valence-electron chi connectivity index (χ2n) is 21.3. The third-order valence-corrected chi connectivity index (χ3v) is 15.7. The molecule has 0 fully saturated rings. The minimum atomic E-state index is -0.0237. The molecule has 0 saturated heterocycles. The van der Waals surface area contributed by atoms with Crippen LogP contribution in [0, 0.1) is 0 Å². The Morgan fingerprint density at radius 1 is 0.306 bits per heavy atom. The number of para-hydroxylation sites is 1. The molecule has 12 aromatic rings. The summed E-state index contributed by atoms with van der Waals surface area (Å²) < 4.78 is 2.60. The van der Waals surface area contributed by atoms with E-state index in [0.29, 0.717) is 0 Å². The van der Waals surface area contributed by atoms with Gasteiger partial charge in [-0.3, -0.25) is 0 Å². The summed E-state index contributed by atoms with van der Waals surface area (Å²) in [5, 5.41) is 7.52. The Balaban J connectivity index is 1.15. The fourth-order valence-corrected chi connectivity index (χ4v) is 11.9. The van der Waals surface area contributed by atoms with Crippen molar-refractivity contribution in [3.63, 3.8) is 0 Å². The van der Waals surface area contributed by atoms with Crippen LogP contribution in [0.15, 0.2) is 237 Å². The number of fused-ring (bicyclic) bond motifs is 5. The van der Waals surface area contributed by atoms with Crippen LogP contribution in [0.3, 0.4) is 0 Å². The molecule has 0 saturated carbocycles. The Morgan fingerprint density at radius 2 is 0.847 bits per heavy atom. The van der Waals surface area contributed by atoms with E-state index in [0.717, 1.165) is 39.3 Å². The lowest BCUT2D eigenvalue weighted by Crippen LogP contribution is -2.16. The van der Waals surface area contributed by atoms with Crippen LogP contribution in [0.5, 0.6) is 0 Å². The number of hydrogen-bond donors (Lipinski definition) is 0. The van der Waals surface area contributed by atoms with E-state index in [4.69, 9.17) is 0 Å². The molecule has 1 aromatic heterocycles. The topological polar surface area (TPSA) is 3.24 Å². The number of thiophene rings is 1. The highest BCUT2D eigenvalue weighted by Gasteiger charge is 2.26. The van der Waals surface area contributed by atoms with E-state index in [2.05, 4.69) is 283 Å². The number of nitrogens with zero attached hydrogens (tertiary/aromatic N) is 1. The lowest BCUT2D eigenvalue weighted by Gasteiger charge is -2.31. The Morgan fingerprint density at radius 3 is 1.61 bits per heavy atom. The Bertz CT molecular complexity index is 3970. The standard InChI is InChI=1S/C70H57NS/c1-69(2,3)52-41-51(42-53(45-52)70(4,5)6)59-33-18-25-48-26-19-35-61(67(48)59)60-30-12-14-36-63(60)71(54-28-16-27-49(43-54)58-34-20-38-66-68(58)62-31-13-15-37-65(62)72-66)64-44-50(39-40-57(64)47-21-8-7-9-22-47)56-32-17-24-46-23-10-11-29-55(46)56/h7-45H,1-6H3. The second kappa shape index (κ2) is 18.0. The van der Waals surface area contributed by atoms with E-state index in [1.807, 2.05) is 11.3 Å². The fourth-order valence-electron chi connectivity index (χ4n) is 10.8. The molecule has 0 spiro atoms. The molecule has 11 aromatic carbocycles. The maximum absolute atomic E-state index is 2.54.